The first kappa shape index (κ1) is 12.4. The van der Waals surface area contributed by atoms with E-state index in [0.29, 0.717) is 12.2 Å². The van der Waals surface area contributed by atoms with E-state index in [1.807, 2.05) is 18.2 Å². The molecular formula is C14H18N2O3. The molecule has 0 aliphatic carbocycles. The quantitative estimate of drug-likeness (QED) is 0.727. The maximum atomic E-state index is 12.3. The Labute approximate surface area is 112 Å². The highest BCUT2D eigenvalue weighted by Crippen LogP contribution is 2.26. The Bertz CT molecular complexity index is 490. The SMILES string of the molecule is O=C(N[C@H]1COC[C@@H]1O)c1cccc2c1NCCC2. The van der Waals surface area contributed by atoms with Gasteiger partial charge in [0.2, 0.25) is 0 Å². The Balaban J connectivity index is 1.80. The summed E-state index contributed by atoms with van der Waals surface area (Å²) >= 11 is 0. The smallest absolute Gasteiger partial charge is 0.253 e. The van der Waals surface area contributed by atoms with Gasteiger partial charge >= 0.3 is 0 Å². The molecule has 2 atom stereocenters. The number of aliphatic hydroxyl groups is 1. The number of para-hydroxylation sites is 1. The summed E-state index contributed by atoms with van der Waals surface area (Å²) in [5.74, 6) is -0.152. The summed E-state index contributed by atoms with van der Waals surface area (Å²) in [7, 11) is 0. The third kappa shape index (κ3) is 2.43. The number of carbonyl (C=O) groups excluding carboxylic acids is 1. The van der Waals surface area contributed by atoms with Gasteiger partial charge < -0.3 is 20.5 Å². The number of carbonyl (C=O) groups is 1. The second-order valence-corrected chi connectivity index (χ2v) is 5.05. The number of hydrogen-bond acceptors (Lipinski definition) is 4. The molecule has 0 bridgehead atoms. The van der Waals surface area contributed by atoms with Crippen molar-refractivity contribution >= 4 is 11.6 Å². The number of ether oxygens (including phenoxy) is 1. The van der Waals surface area contributed by atoms with E-state index >= 15 is 0 Å². The predicted molar refractivity (Wildman–Crippen MR) is 71.3 cm³/mol. The Morgan fingerprint density at radius 2 is 2.32 bits per heavy atom. The number of fused-ring (bicyclic) bond motifs is 1. The van der Waals surface area contributed by atoms with Crippen LogP contribution in [0.1, 0.15) is 22.3 Å². The summed E-state index contributed by atoms with van der Waals surface area (Å²) in [5.41, 5.74) is 2.76. The fourth-order valence-electron chi connectivity index (χ4n) is 2.63. The van der Waals surface area contributed by atoms with Gasteiger partial charge in [-0.2, -0.15) is 0 Å². The molecule has 0 saturated carbocycles. The Kier molecular flexibility index (Phi) is 3.40. The molecule has 5 heteroatoms. The van der Waals surface area contributed by atoms with Gasteiger partial charge in [-0.3, -0.25) is 4.79 Å². The Hall–Kier alpha value is -1.59. The van der Waals surface area contributed by atoms with Gasteiger partial charge in [0.25, 0.3) is 5.91 Å². The van der Waals surface area contributed by atoms with Crippen LogP contribution in [0.25, 0.3) is 0 Å². The maximum Gasteiger partial charge on any atom is 0.253 e. The second-order valence-electron chi connectivity index (χ2n) is 5.05. The second kappa shape index (κ2) is 5.19. The molecule has 2 aliphatic heterocycles. The van der Waals surface area contributed by atoms with Gasteiger partial charge in [-0.15, -0.1) is 0 Å². The van der Waals surface area contributed by atoms with Crippen molar-refractivity contribution in [2.45, 2.75) is 25.0 Å². The van der Waals surface area contributed by atoms with Crippen LogP contribution in [0.2, 0.25) is 0 Å². The number of anilines is 1. The van der Waals surface area contributed by atoms with Crippen LogP contribution in [0.3, 0.4) is 0 Å². The Morgan fingerprint density at radius 3 is 3.11 bits per heavy atom. The summed E-state index contributed by atoms with van der Waals surface area (Å²) in [6.45, 7) is 1.55. The van der Waals surface area contributed by atoms with Gasteiger partial charge in [-0.25, -0.2) is 0 Å². The van der Waals surface area contributed by atoms with Gasteiger partial charge in [0.15, 0.2) is 0 Å². The van der Waals surface area contributed by atoms with E-state index in [-0.39, 0.29) is 18.6 Å². The van der Waals surface area contributed by atoms with Gasteiger partial charge in [-0.05, 0) is 24.5 Å². The van der Waals surface area contributed by atoms with E-state index in [1.165, 1.54) is 5.56 Å². The van der Waals surface area contributed by atoms with Crippen LogP contribution in [0.4, 0.5) is 5.69 Å². The third-order valence-corrected chi connectivity index (χ3v) is 3.69. The topological polar surface area (TPSA) is 70.6 Å². The molecule has 19 heavy (non-hydrogen) atoms. The normalized spacial score (nSPS) is 25.5. The molecule has 2 heterocycles. The number of amides is 1. The number of benzene rings is 1. The molecule has 0 radical (unpaired) electrons. The lowest BCUT2D eigenvalue weighted by Gasteiger charge is -2.22. The zero-order valence-electron chi connectivity index (χ0n) is 10.7. The van der Waals surface area contributed by atoms with Crippen LogP contribution in [0, 0.1) is 0 Å². The lowest BCUT2D eigenvalue weighted by Crippen LogP contribution is -2.42. The van der Waals surface area contributed by atoms with Crippen LogP contribution in [-0.2, 0) is 11.2 Å². The average Bonchev–Trinajstić information content (AvgIpc) is 2.83. The third-order valence-electron chi connectivity index (χ3n) is 3.69. The molecule has 3 rings (SSSR count). The molecule has 3 N–H and O–H groups in total. The van der Waals surface area contributed by atoms with Gasteiger partial charge in [0.05, 0.1) is 36.6 Å². The summed E-state index contributed by atoms with van der Waals surface area (Å²) in [6.07, 6.45) is 1.47. The van der Waals surface area contributed by atoms with E-state index < -0.39 is 6.10 Å². The fourth-order valence-corrected chi connectivity index (χ4v) is 2.63. The number of hydrogen-bond donors (Lipinski definition) is 3. The summed E-state index contributed by atoms with van der Waals surface area (Å²) in [5, 5.41) is 15.8. The van der Waals surface area contributed by atoms with Crippen molar-refractivity contribution in [3.63, 3.8) is 0 Å². The van der Waals surface area contributed by atoms with Crippen LogP contribution >= 0.6 is 0 Å². The zero-order chi connectivity index (χ0) is 13.2. The maximum absolute atomic E-state index is 12.3. The predicted octanol–water partition coefficient (Wildman–Crippen LogP) is 0.534. The van der Waals surface area contributed by atoms with Crippen molar-refractivity contribution in [3.05, 3.63) is 29.3 Å². The van der Waals surface area contributed by atoms with Crippen LogP contribution in [0.15, 0.2) is 18.2 Å². The molecule has 0 spiro atoms. The fraction of sp³-hybridized carbons (Fsp3) is 0.500. The minimum Gasteiger partial charge on any atom is -0.388 e. The first-order valence-corrected chi connectivity index (χ1v) is 6.68. The first-order valence-electron chi connectivity index (χ1n) is 6.68. The molecule has 1 aromatic rings. The minimum absolute atomic E-state index is 0.152. The standard InChI is InChI=1S/C14H18N2O3/c17-12-8-19-7-11(12)16-14(18)10-5-1-3-9-4-2-6-15-13(9)10/h1,3,5,11-12,15,17H,2,4,6-8H2,(H,16,18)/t11-,12-/m0/s1. The lowest BCUT2D eigenvalue weighted by molar-refractivity contribution is 0.0887. The molecule has 5 nitrogen and oxygen atoms in total. The van der Waals surface area contributed by atoms with E-state index in [9.17, 15) is 9.90 Å². The van der Waals surface area contributed by atoms with Gasteiger partial charge in [-0.1, -0.05) is 12.1 Å². The van der Waals surface area contributed by atoms with Crippen molar-refractivity contribution in [2.75, 3.05) is 25.1 Å². The van der Waals surface area contributed by atoms with E-state index in [0.717, 1.165) is 25.1 Å². The summed E-state index contributed by atoms with van der Waals surface area (Å²) in [4.78, 5) is 12.3. The molecule has 1 fully saturated rings. The molecule has 1 amide bonds. The molecule has 1 aromatic carbocycles. The molecule has 0 aromatic heterocycles. The largest absolute Gasteiger partial charge is 0.388 e. The summed E-state index contributed by atoms with van der Waals surface area (Å²) in [6, 6.07) is 5.45. The van der Waals surface area contributed by atoms with Crippen molar-refractivity contribution in [1.29, 1.82) is 0 Å². The molecule has 2 aliphatic rings. The van der Waals surface area contributed by atoms with Crippen LogP contribution in [0.5, 0.6) is 0 Å². The number of rotatable bonds is 2. The van der Waals surface area contributed by atoms with Crippen molar-refractivity contribution in [1.82, 2.24) is 5.32 Å². The van der Waals surface area contributed by atoms with E-state index in [2.05, 4.69) is 10.6 Å². The highest BCUT2D eigenvalue weighted by atomic mass is 16.5. The summed E-state index contributed by atoms with van der Waals surface area (Å²) < 4.78 is 5.14. The minimum atomic E-state index is -0.614. The Morgan fingerprint density at radius 1 is 1.42 bits per heavy atom. The lowest BCUT2D eigenvalue weighted by atomic mass is 9.99. The highest BCUT2D eigenvalue weighted by molar-refractivity contribution is 6.00. The van der Waals surface area contributed by atoms with Gasteiger partial charge in [0, 0.05) is 6.54 Å². The first-order chi connectivity index (χ1) is 9.25. The van der Waals surface area contributed by atoms with E-state index in [1.54, 1.807) is 0 Å². The molecule has 1 saturated heterocycles. The molecule has 0 unspecified atom stereocenters. The molecule has 102 valence electrons. The number of nitrogens with one attached hydrogen (secondary N) is 2. The highest BCUT2D eigenvalue weighted by Gasteiger charge is 2.28. The molecular weight excluding hydrogens is 244 g/mol. The van der Waals surface area contributed by atoms with E-state index in [4.69, 9.17) is 4.74 Å². The van der Waals surface area contributed by atoms with Crippen molar-refractivity contribution in [3.8, 4) is 0 Å². The number of aliphatic hydroxyl groups excluding tert-OH is 1. The average molecular weight is 262 g/mol. The monoisotopic (exact) mass is 262 g/mol. The van der Waals surface area contributed by atoms with Crippen LogP contribution in [-0.4, -0.2) is 42.9 Å². The van der Waals surface area contributed by atoms with Crippen LogP contribution < -0.4 is 10.6 Å². The van der Waals surface area contributed by atoms with Crippen molar-refractivity contribution < 1.29 is 14.6 Å². The van der Waals surface area contributed by atoms with Gasteiger partial charge in [0.1, 0.15) is 0 Å². The van der Waals surface area contributed by atoms with Crippen molar-refractivity contribution in [2.24, 2.45) is 0 Å². The zero-order valence-corrected chi connectivity index (χ0v) is 10.7. The number of aryl methyl sites for hydroxylation is 1.